The van der Waals surface area contributed by atoms with Gasteiger partial charge in [0.2, 0.25) is 0 Å². The van der Waals surface area contributed by atoms with E-state index >= 15 is 0 Å². The van der Waals surface area contributed by atoms with Gasteiger partial charge < -0.3 is 14.6 Å². The maximum absolute atomic E-state index is 11.6. The molecule has 1 fully saturated rings. The summed E-state index contributed by atoms with van der Waals surface area (Å²) in [6.07, 6.45) is 1.45. The Bertz CT molecular complexity index is 858. The second-order valence-corrected chi connectivity index (χ2v) is 7.59. The lowest BCUT2D eigenvalue weighted by Crippen LogP contribution is -2.41. The second kappa shape index (κ2) is 9.03. The van der Waals surface area contributed by atoms with Gasteiger partial charge in [-0.25, -0.2) is 0 Å². The van der Waals surface area contributed by atoms with Gasteiger partial charge in [0.05, 0.1) is 36.2 Å². The Morgan fingerprint density at radius 1 is 1.14 bits per heavy atom. The van der Waals surface area contributed by atoms with Crippen LogP contribution < -0.4 is 9.47 Å². The molecule has 0 aromatic heterocycles. The van der Waals surface area contributed by atoms with Crippen LogP contribution in [0.3, 0.4) is 0 Å². The summed E-state index contributed by atoms with van der Waals surface area (Å²) in [5, 5.41) is 10.5. The lowest BCUT2D eigenvalue weighted by molar-refractivity contribution is -0.143. The third-order valence-corrected chi connectivity index (χ3v) is 6.00. The number of piperidine rings is 1. The number of benzene rings is 2. The van der Waals surface area contributed by atoms with E-state index in [1.165, 1.54) is 0 Å². The molecular formula is C21H23Cl2NO4. The van der Waals surface area contributed by atoms with Crippen molar-refractivity contribution in [2.24, 2.45) is 5.92 Å². The van der Waals surface area contributed by atoms with Gasteiger partial charge in [-0.1, -0.05) is 47.5 Å². The van der Waals surface area contributed by atoms with Crippen LogP contribution in [0.1, 0.15) is 30.0 Å². The van der Waals surface area contributed by atoms with Crippen molar-refractivity contribution < 1.29 is 19.4 Å². The van der Waals surface area contributed by atoms with Crippen LogP contribution in [0.15, 0.2) is 36.4 Å². The highest BCUT2D eigenvalue weighted by Gasteiger charge is 2.34. The summed E-state index contributed by atoms with van der Waals surface area (Å²) in [5.41, 5.74) is 1.67. The number of ether oxygens (including phenoxy) is 2. The Morgan fingerprint density at radius 2 is 1.86 bits per heavy atom. The van der Waals surface area contributed by atoms with E-state index in [-0.39, 0.29) is 6.04 Å². The van der Waals surface area contributed by atoms with Crippen molar-refractivity contribution in [1.82, 2.24) is 4.90 Å². The van der Waals surface area contributed by atoms with E-state index in [1.54, 1.807) is 20.3 Å². The number of carbonyl (C=O) groups is 1. The van der Waals surface area contributed by atoms with Gasteiger partial charge in [0, 0.05) is 12.1 Å². The first-order valence-electron chi connectivity index (χ1n) is 9.09. The van der Waals surface area contributed by atoms with Gasteiger partial charge in [0.1, 0.15) is 0 Å². The minimum Gasteiger partial charge on any atom is -0.493 e. The van der Waals surface area contributed by atoms with Crippen molar-refractivity contribution in [1.29, 1.82) is 0 Å². The second-order valence-electron chi connectivity index (χ2n) is 6.80. The molecule has 2 aromatic carbocycles. The zero-order chi connectivity index (χ0) is 20.3. The maximum Gasteiger partial charge on any atom is 0.307 e. The Hall–Kier alpha value is -1.95. The van der Waals surface area contributed by atoms with Gasteiger partial charge in [-0.05, 0) is 37.1 Å². The van der Waals surface area contributed by atoms with Crippen molar-refractivity contribution >= 4 is 29.2 Å². The Kier molecular flexibility index (Phi) is 6.70. The average molecular weight is 424 g/mol. The lowest BCUT2D eigenvalue weighted by Gasteiger charge is -2.38. The third kappa shape index (κ3) is 4.07. The van der Waals surface area contributed by atoms with E-state index in [4.69, 9.17) is 32.7 Å². The van der Waals surface area contributed by atoms with Crippen molar-refractivity contribution in [2.75, 3.05) is 27.3 Å². The SMILES string of the molecule is COc1cccc(C(c2cccc(Cl)c2Cl)N2CCCC(C(=O)O)C2)c1OC. The molecule has 0 aliphatic carbocycles. The van der Waals surface area contributed by atoms with Crippen LogP contribution in [0.25, 0.3) is 0 Å². The molecule has 28 heavy (non-hydrogen) atoms. The number of nitrogens with zero attached hydrogens (tertiary/aromatic N) is 1. The highest BCUT2D eigenvalue weighted by Crippen LogP contribution is 2.44. The van der Waals surface area contributed by atoms with Gasteiger partial charge >= 0.3 is 5.97 Å². The maximum atomic E-state index is 11.6. The zero-order valence-electron chi connectivity index (χ0n) is 15.8. The first kappa shape index (κ1) is 20.8. The summed E-state index contributed by atoms with van der Waals surface area (Å²) >= 11 is 12.9. The summed E-state index contributed by atoms with van der Waals surface area (Å²) in [6, 6.07) is 10.9. The number of carboxylic acid groups (broad SMARTS) is 1. The highest BCUT2D eigenvalue weighted by molar-refractivity contribution is 6.42. The number of likely N-dealkylation sites (tertiary alicyclic amines) is 1. The summed E-state index contributed by atoms with van der Waals surface area (Å²) in [5.74, 6) is 0.00231. The monoisotopic (exact) mass is 423 g/mol. The highest BCUT2D eigenvalue weighted by atomic mass is 35.5. The van der Waals surface area contributed by atoms with Crippen LogP contribution in [0.2, 0.25) is 10.0 Å². The molecule has 7 heteroatoms. The third-order valence-electron chi connectivity index (χ3n) is 5.17. The molecule has 1 heterocycles. The molecule has 5 nitrogen and oxygen atoms in total. The van der Waals surface area contributed by atoms with Crippen LogP contribution in [0, 0.1) is 5.92 Å². The number of hydrogen-bond acceptors (Lipinski definition) is 4. The molecule has 0 spiro atoms. The van der Waals surface area contributed by atoms with Crippen LogP contribution in [-0.4, -0.2) is 43.3 Å². The molecule has 0 amide bonds. The van der Waals surface area contributed by atoms with Gasteiger partial charge in [0.25, 0.3) is 0 Å². The lowest BCUT2D eigenvalue weighted by atomic mass is 9.90. The molecule has 1 N–H and O–H groups in total. The molecule has 150 valence electrons. The molecule has 0 saturated carbocycles. The fourth-order valence-electron chi connectivity index (χ4n) is 3.86. The zero-order valence-corrected chi connectivity index (χ0v) is 17.3. The molecule has 2 aromatic rings. The summed E-state index contributed by atoms with van der Waals surface area (Å²) in [6.45, 7) is 1.17. The van der Waals surface area contributed by atoms with Gasteiger partial charge in [0.15, 0.2) is 11.5 Å². The van der Waals surface area contributed by atoms with Gasteiger partial charge in [-0.3, -0.25) is 9.69 Å². The summed E-state index contributed by atoms with van der Waals surface area (Å²) in [4.78, 5) is 13.8. The first-order chi connectivity index (χ1) is 13.5. The molecule has 3 rings (SSSR count). The first-order valence-corrected chi connectivity index (χ1v) is 9.85. The van der Waals surface area contributed by atoms with Crippen LogP contribution in [-0.2, 0) is 4.79 Å². The standard InChI is InChI=1S/C21H23Cl2NO4/c1-27-17-10-4-8-15(20(17)28-2)19(14-7-3-9-16(22)18(14)23)24-11-5-6-13(12-24)21(25)26/h3-4,7-10,13,19H,5-6,11-12H2,1-2H3,(H,25,26). The van der Waals surface area contributed by atoms with Gasteiger partial charge in [-0.15, -0.1) is 0 Å². The predicted octanol–water partition coefficient (Wildman–Crippen LogP) is 4.90. The number of rotatable bonds is 6. The minimum atomic E-state index is -0.779. The van der Waals surface area contributed by atoms with Gasteiger partial charge in [-0.2, -0.15) is 0 Å². The topological polar surface area (TPSA) is 59.0 Å². The quantitative estimate of drug-likeness (QED) is 0.715. The van der Waals surface area contributed by atoms with E-state index in [0.717, 1.165) is 24.1 Å². The average Bonchev–Trinajstić information content (AvgIpc) is 2.71. The molecule has 2 unspecified atom stereocenters. The van der Waals surface area contributed by atoms with Crippen molar-refractivity contribution in [2.45, 2.75) is 18.9 Å². The van der Waals surface area contributed by atoms with E-state index in [1.807, 2.05) is 30.3 Å². The van der Waals surface area contributed by atoms with Crippen LogP contribution in [0.5, 0.6) is 11.5 Å². The van der Waals surface area contributed by atoms with E-state index in [9.17, 15) is 9.90 Å². The fourth-order valence-corrected chi connectivity index (χ4v) is 4.27. The normalized spacial score (nSPS) is 18.5. The number of hydrogen-bond donors (Lipinski definition) is 1. The molecule has 2 atom stereocenters. The number of methoxy groups -OCH3 is 2. The van der Waals surface area contributed by atoms with E-state index < -0.39 is 11.9 Å². The number of halogens is 2. The summed E-state index contributed by atoms with van der Waals surface area (Å²) < 4.78 is 11.1. The molecule has 1 aliphatic rings. The largest absolute Gasteiger partial charge is 0.493 e. The van der Waals surface area contributed by atoms with E-state index in [0.29, 0.717) is 34.5 Å². The molecule has 0 bridgehead atoms. The van der Waals surface area contributed by atoms with Crippen LogP contribution >= 0.6 is 23.2 Å². The van der Waals surface area contributed by atoms with Crippen molar-refractivity contribution in [3.63, 3.8) is 0 Å². The van der Waals surface area contributed by atoms with Crippen LogP contribution in [0.4, 0.5) is 0 Å². The smallest absolute Gasteiger partial charge is 0.307 e. The Labute approximate surface area is 174 Å². The number of para-hydroxylation sites is 1. The molecule has 1 aliphatic heterocycles. The fraction of sp³-hybridized carbons (Fsp3) is 0.381. The molecule has 0 radical (unpaired) electrons. The van der Waals surface area contributed by atoms with Crippen molar-refractivity contribution in [3.05, 3.63) is 57.6 Å². The Balaban J connectivity index is 2.16. The molecular weight excluding hydrogens is 401 g/mol. The van der Waals surface area contributed by atoms with E-state index in [2.05, 4.69) is 4.90 Å². The Morgan fingerprint density at radius 3 is 2.54 bits per heavy atom. The number of aliphatic carboxylic acids is 1. The number of carboxylic acids is 1. The molecule has 1 saturated heterocycles. The minimum absolute atomic E-state index is 0.307. The predicted molar refractivity (Wildman–Crippen MR) is 110 cm³/mol. The van der Waals surface area contributed by atoms with Crippen molar-refractivity contribution in [3.8, 4) is 11.5 Å². The summed E-state index contributed by atoms with van der Waals surface area (Å²) in [7, 11) is 3.18.